The van der Waals surface area contributed by atoms with Crippen molar-refractivity contribution in [3.8, 4) is 0 Å². The number of fused-ring (bicyclic) bond motifs is 1. The molecule has 86 valence electrons. The standard InChI is InChI=1S/C12H17N3O/c1-2-15(7-8-16)9-12-13-10-5-3-4-6-11(10)14-12/h3-6,16H,2,7-9H2,1H3,(H,13,14). The summed E-state index contributed by atoms with van der Waals surface area (Å²) >= 11 is 0. The van der Waals surface area contributed by atoms with Gasteiger partial charge < -0.3 is 10.1 Å². The van der Waals surface area contributed by atoms with Crippen LogP contribution in [0.3, 0.4) is 0 Å². The van der Waals surface area contributed by atoms with Crippen molar-refractivity contribution < 1.29 is 5.11 Å². The van der Waals surface area contributed by atoms with Crippen molar-refractivity contribution in [2.24, 2.45) is 0 Å². The maximum Gasteiger partial charge on any atom is 0.121 e. The first kappa shape index (κ1) is 11.1. The molecule has 2 N–H and O–H groups in total. The molecule has 16 heavy (non-hydrogen) atoms. The number of aliphatic hydroxyl groups excluding tert-OH is 1. The van der Waals surface area contributed by atoms with Gasteiger partial charge in [0.15, 0.2) is 0 Å². The van der Waals surface area contributed by atoms with E-state index < -0.39 is 0 Å². The van der Waals surface area contributed by atoms with Gasteiger partial charge in [-0.2, -0.15) is 0 Å². The molecule has 1 aromatic carbocycles. The Morgan fingerprint density at radius 1 is 1.38 bits per heavy atom. The first-order valence-electron chi connectivity index (χ1n) is 5.60. The fourth-order valence-electron chi connectivity index (χ4n) is 1.78. The van der Waals surface area contributed by atoms with Crippen LogP contribution in [-0.4, -0.2) is 39.7 Å². The van der Waals surface area contributed by atoms with Gasteiger partial charge in [0.25, 0.3) is 0 Å². The van der Waals surface area contributed by atoms with Gasteiger partial charge in [-0.3, -0.25) is 4.90 Å². The molecule has 0 aliphatic rings. The summed E-state index contributed by atoms with van der Waals surface area (Å²) in [6, 6.07) is 8.00. The normalized spacial score (nSPS) is 11.4. The van der Waals surface area contributed by atoms with Crippen molar-refractivity contribution >= 4 is 11.0 Å². The van der Waals surface area contributed by atoms with Crippen molar-refractivity contribution in [3.05, 3.63) is 30.1 Å². The predicted molar refractivity (Wildman–Crippen MR) is 64.1 cm³/mol. The van der Waals surface area contributed by atoms with Crippen LogP contribution in [0.2, 0.25) is 0 Å². The average molecular weight is 219 g/mol. The summed E-state index contributed by atoms with van der Waals surface area (Å²) in [6.45, 7) is 4.63. The van der Waals surface area contributed by atoms with E-state index in [4.69, 9.17) is 5.11 Å². The summed E-state index contributed by atoms with van der Waals surface area (Å²) in [4.78, 5) is 9.94. The summed E-state index contributed by atoms with van der Waals surface area (Å²) < 4.78 is 0. The van der Waals surface area contributed by atoms with E-state index in [1.807, 2.05) is 24.3 Å². The molecule has 4 nitrogen and oxygen atoms in total. The van der Waals surface area contributed by atoms with E-state index >= 15 is 0 Å². The van der Waals surface area contributed by atoms with Gasteiger partial charge in [-0.25, -0.2) is 4.98 Å². The topological polar surface area (TPSA) is 52.1 Å². The number of hydrogen-bond acceptors (Lipinski definition) is 3. The number of aliphatic hydroxyl groups is 1. The number of likely N-dealkylation sites (N-methyl/N-ethyl adjacent to an activating group) is 1. The maximum atomic E-state index is 8.91. The van der Waals surface area contributed by atoms with Gasteiger partial charge in [-0.1, -0.05) is 19.1 Å². The zero-order valence-electron chi connectivity index (χ0n) is 9.48. The third kappa shape index (κ3) is 2.40. The Kier molecular flexibility index (Phi) is 3.54. The zero-order valence-corrected chi connectivity index (χ0v) is 9.48. The smallest absolute Gasteiger partial charge is 0.121 e. The van der Waals surface area contributed by atoms with Crippen molar-refractivity contribution in [1.82, 2.24) is 14.9 Å². The maximum absolute atomic E-state index is 8.91. The minimum Gasteiger partial charge on any atom is -0.395 e. The first-order chi connectivity index (χ1) is 7.83. The van der Waals surface area contributed by atoms with Crippen LogP contribution in [0.15, 0.2) is 24.3 Å². The van der Waals surface area contributed by atoms with Crippen LogP contribution in [-0.2, 0) is 6.54 Å². The summed E-state index contributed by atoms with van der Waals surface area (Å²) in [6.07, 6.45) is 0. The molecule has 0 bridgehead atoms. The molecule has 0 spiro atoms. The first-order valence-corrected chi connectivity index (χ1v) is 5.60. The van der Waals surface area contributed by atoms with Gasteiger partial charge in [0.05, 0.1) is 24.2 Å². The number of aromatic nitrogens is 2. The van der Waals surface area contributed by atoms with Gasteiger partial charge in [-0.15, -0.1) is 0 Å². The van der Waals surface area contributed by atoms with Crippen molar-refractivity contribution in [3.63, 3.8) is 0 Å². The molecule has 1 aromatic heterocycles. The van der Waals surface area contributed by atoms with Crippen LogP contribution in [0.5, 0.6) is 0 Å². The molecule has 0 aliphatic heterocycles. The molecule has 0 aliphatic carbocycles. The molecule has 0 saturated carbocycles. The van der Waals surface area contributed by atoms with E-state index in [1.165, 1.54) is 0 Å². The molecule has 4 heteroatoms. The second kappa shape index (κ2) is 5.09. The highest BCUT2D eigenvalue weighted by molar-refractivity contribution is 5.74. The number of aromatic amines is 1. The number of H-pyrrole nitrogens is 1. The Hall–Kier alpha value is -1.39. The van der Waals surface area contributed by atoms with Crippen LogP contribution in [0.25, 0.3) is 11.0 Å². The minimum absolute atomic E-state index is 0.189. The lowest BCUT2D eigenvalue weighted by Gasteiger charge is -2.16. The Morgan fingerprint density at radius 2 is 2.19 bits per heavy atom. The Morgan fingerprint density at radius 3 is 2.88 bits per heavy atom. The second-order valence-electron chi connectivity index (χ2n) is 3.79. The third-order valence-corrected chi connectivity index (χ3v) is 2.68. The third-order valence-electron chi connectivity index (χ3n) is 2.68. The Bertz CT molecular complexity index is 419. The number of para-hydroxylation sites is 2. The molecule has 1 heterocycles. The van der Waals surface area contributed by atoms with E-state index in [1.54, 1.807) is 0 Å². The lowest BCUT2D eigenvalue weighted by molar-refractivity contribution is 0.194. The Labute approximate surface area is 94.9 Å². The van der Waals surface area contributed by atoms with E-state index in [0.717, 1.165) is 29.9 Å². The predicted octanol–water partition coefficient (Wildman–Crippen LogP) is 1.38. The van der Waals surface area contributed by atoms with Crippen LogP contribution >= 0.6 is 0 Å². The monoisotopic (exact) mass is 219 g/mol. The van der Waals surface area contributed by atoms with Gasteiger partial charge >= 0.3 is 0 Å². The van der Waals surface area contributed by atoms with Crippen molar-refractivity contribution in [2.75, 3.05) is 19.7 Å². The van der Waals surface area contributed by atoms with E-state index in [9.17, 15) is 0 Å². The molecular formula is C12H17N3O. The zero-order chi connectivity index (χ0) is 11.4. The highest BCUT2D eigenvalue weighted by Gasteiger charge is 2.06. The largest absolute Gasteiger partial charge is 0.395 e. The number of nitrogens with one attached hydrogen (secondary N) is 1. The number of hydrogen-bond donors (Lipinski definition) is 2. The molecule has 0 fully saturated rings. The molecule has 0 unspecified atom stereocenters. The number of benzene rings is 1. The highest BCUT2D eigenvalue weighted by atomic mass is 16.3. The Balaban J connectivity index is 2.14. The van der Waals surface area contributed by atoms with Gasteiger partial charge in [0.2, 0.25) is 0 Å². The lowest BCUT2D eigenvalue weighted by Crippen LogP contribution is -2.26. The minimum atomic E-state index is 0.189. The van der Waals surface area contributed by atoms with E-state index in [0.29, 0.717) is 6.54 Å². The van der Waals surface area contributed by atoms with Crippen LogP contribution in [0.4, 0.5) is 0 Å². The highest BCUT2D eigenvalue weighted by Crippen LogP contribution is 2.11. The van der Waals surface area contributed by atoms with Crippen molar-refractivity contribution in [1.29, 1.82) is 0 Å². The number of nitrogens with zero attached hydrogens (tertiary/aromatic N) is 2. The molecule has 2 rings (SSSR count). The molecule has 0 radical (unpaired) electrons. The van der Waals surface area contributed by atoms with Crippen LogP contribution in [0.1, 0.15) is 12.7 Å². The summed E-state index contributed by atoms with van der Waals surface area (Å²) in [7, 11) is 0. The van der Waals surface area contributed by atoms with E-state index in [2.05, 4.69) is 21.8 Å². The number of rotatable bonds is 5. The molecule has 0 saturated heterocycles. The lowest BCUT2D eigenvalue weighted by atomic mass is 10.3. The fourth-order valence-corrected chi connectivity index (χ4v) is 1.78. The summed E-state index contributed by atoms with van der Waals surface area (Å²) in [5.41, 5.74) is 2.06. The molecular weight excluding hydrogens is 202 g/mol. The molecule has 2 aromatic rings. The van der Waals surface area contributed by atoms with Gasteiger partial charge in [-0.05, 0) is 18.7 Å². The second-order valence-corrected chi connectivity index (χ2v) is 3.79. The quantitative estimate of drug-likeness (QED) is 0.798. The van der Waals surface area contributed by atoms with Gasteiger partial charge in [0.1, 0.15) is 5.82 Å². The van der Waals surface area contributed by atoms with Crippen molar-refractivity contribution in [2.45, 2.75) is 13.5 Å². The van der Waals surface area contributed by atoms with Crippen LogP contribution < -0.4 is 0 Å². The fraction of sp³-hybridized carbons (Fsp3) is 0.417. The molecule has 0 atom stereocenters. The average Bonchev–Trinajstić information content (AvgIpc) is 2.70. The number of imidazole rings is 1. The molecule has 0 amide bonds. The summed E-state index contributed by atoms with van der Waals surface area (Å²) in [5.74, 6) is 0.955. The summed E-state index contributed by atoms with van der Waals surface area (Å²) in [5, 5.41) is 8.91. The van der Waals surface area contributed by atoms with Gasteiger partial charge in [0, 0.05) is 6.54 Å². The SMILES string of the molecule is CCN(CCO)Cc1nc2ccccc2[nH]1. The van der Waals surface area contributed by atoms with E-state index in [-0.39, 0.29) is 6.61 Å². The van der Waals surface area contributed by atoms with Crippen LogP contribution in [0, 0.1) is 0 Å².